The third-order valence-corrected chi connectivity index (χ3v) is 4.45. The summed E-state index contributed by atoms with van der Waals surface area (Å²) < 4.78 is 7.98. The molecule has 0 unspecified atom stereocenters. The first-order valence-corrected chi connectivity index (χ1v) is 8.20. The minimum atomic E-state index is 0.698. The molecule has 0 amide bonds. The molecular weight excluding hydrogens is 310 g/mol. The van der Waals surface area contributed by atoms with Gasteiger partial charge in [-0.25, -0.2) is 9.67 Å². The molecule has 0 aliphatic rings. The third-order valence-electron chi connectivity index (χ3n) is 4.45. The highest BCUT2D eigenvalue weighted by atomic mass is 16.3. The molecule has 2 heterocycles. The van der Waals surface area contributed by atoms with Gasteiger partial charge in [0.05, 0.1) is 6.54 Å². The molecule has 3 aromatic carbocycles. The van der Waals surface area contributed by atoms with E-state index in [1.807, 2.05) is 22.9 Å². The summed E-state index contributed by atoms with van der Waals surface area (Å²) in [6.45, 7) is 0.698. The summed E-state index contributed by atoms with van der Waals surface area (Å²) >= 11 is 0. The Morgan fingerprint density at radius 1 is 0.880 bits per heavy atom. The van der Waals surface area contributed by atoms with E-state index in [0.717, 1.165) is 33.1 Å². The molecule has 0 fully saturated rings. The lowest BCUT2D eigenvalue weighted by Gasteiger charge is -2.06. The fourth-order valence-electron chi connectivity index (χ4n) is 3.31. The van der Waals surface area contributed by atoms with Gasteiger partial charge in [0.2, 0.25) is 0 Å². The van der Waals surface area contributed by atoms with Crippen molar-refractivity contribution in [2.45, 2.75) is 6.54 Å². The lowest BCUT2D eigenvalue weighted by Crippen LogP contribution is -1.99. The Bertz CT molecular complexity index is 1170. The Morgan fingerprint density at radius 3 is 2.68 bits per heavy atom. The van der Waals surface area contributed by atoms with Gasteiger partial charge in [-0.1, -0.05) is 54.6 Å². The average Bonchev–Trinajstić information content (AvgIpc) is 3.29. The summed E-state index contributed by atoms with van der Waals surface area (Å²) in [5.74, 6) is 0. The number of furan rings is 1. The molecule has 0 aliphatic carbocycles. The highest BCUT2D eigenvalue weighted by molar-refractivity contribution is 6.09. The van der Waals surface area contributed by atoms with Crippen LogP contribution in [0, 0.1) is 0 Å². The fraction of sp³-hybridized carbons (Fsp3) is 0.0476. The van der Waals surface area contributed by atoms with Crippen molar-refractivity contribution in [2.24, 2.45) is 0 Å². The first kappa shape index (κ1) is 14.0. The van der Waals surface area contributed by atoms with Gasteiger partial charge in [0.25, 0.3) is 0 Å². The maximum atomic E-state index is 6.16. The van der Waals surface area contributed by atoms with Crippen LogP contribution >= 0.6 is 0 Å². The van der Waals surface area contributed by atoms with Gasteiger partial charge in [-0.15, -0.1) is 0 Å². The second kappa shape index (κ2) is 5.60. The summed E-state index contributed by atoms with van der Waals surface area (Å²) in [5, 5.41) is 6.48. The lowest BCUT2D eigenvalue weighted by molar-refractivity contribution is 0.670. The number of nitrogens with zero attached hydrogens (tertiary/aromatic N) is 3. The number of rotatable bonds is 3. The number of hydrogen-bond acceptors (Lipinski definition) is 3. The number of aromatic nitrogens is 3. The van der Waals surface area contributed by atoms with Gasteiger partial charge in [-0.2, -0.15) is 5.10 Å². The maximum Gasteiger partial charge on any atom is 0.143 e. The molecule has 5 aromatic rings. The van der Waals surface area contributed by atoms with E-state index in [1.165, 1.54) is 5.56 Å². The molecule has 4 nitrogen and oxygen atoms in total. The molecule has 0 atom stereocenters. The van der Waals surface area contributed by atoms with Crippen LogP contribution in [-0.4, -0.2) is 14.8 Å². The van der Waals surface area contributed by atoms with Crippen molar-refractivity contribution in [3.63, 3.8) is 0 Å². The van der Waals surface area contributed by atoms with Gasteiger partial charge in [-0.3, -0.25) is 0 Å². The van der Waals surface area contributed by atoms with Gasteiger partial charge in [0, 0.05) is 16.3 Å². The number of benzene rings is 3. The van der Waals surface area contributed by atoms with Crippen molar-refractivity contribution in [3.05, 3.63) is 84.9 Å². The fourth-order valence-corrected chi connectivity index (χ4v) is 3.31. The molecule has 0 bridgehead atoms. The molecule has 0 spiro atoms. The molecule has 0 radical (unpaired) electrons. The molecule has 0 N–H and O–H groups in total. The minimum Gasteiger partial charge on any atom is -0.455 e. The predicted octanol–water partition coefficient (Wildman–Crippen LogP) is 4.89. The molecule has 0 aliphatic heterocycles. The highest BCUT2D eigenvalue weighted by Crippen LogP contribution is 2.35. The largest absolute Gasteiger partial charge is 0.455 e. The van der Waals surface area contributed by atoms with Crippen LogP contribution in [0.25, 0.3) is 33.1 Å². The normalized spacial score (nSPS) is 11.4. The summed E-state index contributed by atoms with van der Waals surface area (Å²) in [5.41, 5.74) is 5.28. The molecule has 2 aromatic heterocycles. The monoisotopic (exact) mass is 325 g/mol. The van der Waals surface area contributed by atoms with E-state index in [0.29, 0.717) is 6.54 Å². The summed E-state index contributed by atoms with van der Waals surface area (Å²) in [6.07, 6.45) is 3.28. The molecule has 0 saturated heterocycles. The van der Waals surface area contributed by atoms with Crippen LogP contribution in [0.15, 0.2) is 83.8 Å². The predicted molar refractivity (Wildman–Crippen MR) is 98.3 cm³/mol. The van der Waals surface area contributed by atoms with E-state index in [-0.39, 0.29) is 0 Å². The van der Waals surface area contributed by atoms with Crippen molar-refractivity contribution in [1.82, 2.24) is 14.8 Å². The van der Waals surface area contributed by atoms with E-state index >= 15 is 0 Å². The first-order chi connectivity index (χ1) is 12.4. The van der Waals surface area contributed by atoms with Crippen molar-refractivity contribution in [3.8, 4) is 11.1 Å². The quantitative estimate of drug-likeness (QED) is 0.474. The SMILES string of the molecule is c1cc(Cn2cncn2)cc(-c2cccc3c2oc2ccccc23)c1. The Balaban J connectivity index is 1.66. The van der Waals surface area contributed by atoms with Crippen molar-refractivity contribution in [1.29, 1.82) is 0 Å². The Hall–Kier alpha value is -3.40. The van der Waals surface area contributed by atoms with Crippen molar-refractivity contribution in [2.75, 3.05) is 0 Å². The van der Waals surface area contributed by atoms with Crippen molar-refractivity contribution < 1.29 is 4.42 Å². The standard InChI is InChI=1S/C21H15N3O/c1-2-10-20-18(7-1)19-9-4-8-17(21(19)25-20)16-6-3-5-15(11-16)12-24-14-22-13-23-24/h1-11,13-14H,12H2. The van der Waals surface area contributed by atoms with Gasteiger partial charge in [0.1, 0.15) is 23.8 Å². The highest BCUT2D eigenvalue weighted by Gasteiger charge is 2.11. The smallest absolute Gasteiger partial charge is 0.143 e. The van der Waals surface area contributed by atoms with Gasteiger partial charge >= 0.3 is 0 Å². The topological polar surface area (TPSA) is 43.9 Å². The molecule has 0 saturated carbocycles. The van der Waals surface area contributed by atoms with Crippen LogP contribution in [-0.2, 0) is 6.54 Å². The van der Waals surface area contributed by atoms with E-state index in [9.17, 15) is 0 Å². The lowest BCUT2D eigenvalue weighted by atomic mass is 10.0. The van der Waals surface area contributed by atoms with Crippen LogP contribution in [0.4, 0.5) is 0 Å². The molecule has 5 rings (SSSR count). The minimum absolute atomic E-state index is 0.698. The Labute approximate surface area is 144 Å². The van der Waals surface area contributed by atoms with Crippen LogP contribution in [0.2, 0.25) is 0 Å². The number of fused-ring (bicyclic) bond motifs is 3. The zero-order valence-electron chi connectivity index (χ0n) is 13.5. The molecular formula is C21H15N3O. The van der Waals surface area contributed by atoms with Crippen molar-refractivity contribution >= 4 is 21.9 Å². The van der Waals surface area contributed by atoms with Crippen LogP contribution in [0.3, 0.4) is 0 Å². The first-order valence-electron chi connectivity index (χ1n) is 8.20. The van der Waals surface area contributed by atoms with E-state index in [4.69, 9.17) is 4.42 Å². The van der Waals surface area contributed by atoms with Gasteiger partial charge < -0.3 is 4.42 Å². The zero-order chi connectivity index (χ0) is 16.6. The maximum absolute atomic E-state index is 6.16. The van der Waals surface area contributed by atoms with E-state index < -0.39 is 0 Å². The van der Waals surface area contributed by atoms with Gasteiger partial charge in [0.15, 0.2) is 0 Å². The van der Waals surface area contributed by atoms with E-state index in [1.54, 1.807) is 12.7 Å². The van der Waals surface area contributed by atoms with Crippen LogP contribution in [0.1, 0.15) is 5.56 Å². The molecule has 120 valence electrons. The van der Waals surface area contributed by atoms with Crippen LogP contribution < -0.4 is 0 Å². The second-order valence-corrected chi connectivity index (χ2v) is 6.07. The second-order valence-electron chi connectivity index (χ2n) is 6.07. The number of para-hydroxylation sites is 2. The van der Waals surface area contributed by atoms with E-state index in [2.05, 4.69) is 58.6 Å². The van der Waals surface area contributed by atoms with Crippen LogP contribution in [0.5, 0.6) is 0 Å². The average molecular weight is 325 g/mol. The molecule has 4 heteroatoms. The van der Waals surface area contributed by atoms with Gasteiger partial charge in [-0.05, 0) is 23.3 Å². The summed E-state index contributed by atoms with van der Waals surface area (Å²) in [6, 6.07) is 23.0. The summed E-state index contributed by atoms with van der Waals surface area (Å²) in [7, 11) is 0. The zero-order valence-corrected chi connectivity index (χ0v) is 13.5. The molecule has 25 heavy (non-hydrogen) atoms. The third kappa shape index (κ3) is 2.39. The summed E-state index contributed by atoms with van der Waals surface area (Å²) in [4.78, 5) is 4.00. The number of hydrogen-bond donors (Lipinski definition) is 0. The Kier molecular flexibility index (Phi) is 3.13. The Morgan fingerprint density at radius 2 is 1.76 bits per heavy atom.